The van der Waals surface area contributed by atoms with E-state index in [0.717, 1.165) is 25.7 Å². The maximum Gasteiger partial charge on any atom is 0.511 e. The van der Waals surface area contributed by atoms with Gasteiger partial charge in [0.25, 0.3) is 0 Å². The SMILES string of the molecule is CCCCCCOP(=O)(OCCOCCOCC)OOc1ccccc1. The van der Waals surface area contributed by atoms with Crippen molar-refractivity contribution in [1.82, 2.24) is 0 Å². The van der Waals surface area contributed by atoms with Crippen LogP contribution in [0.4, 0.5) is 0 Å². The van der Waals surface area contributed by atoms with Crippen LogP contribution in [0.2, 0.25) is 0 Å². The van der Waals surface area contributed by atoms with Gasteiger partial charge in [-0.2, -0.15) is 0 Å². The molecule has 7 nitrogen and oxygen atoms in total. The molecule has 0 heterocycles. The number of phosphoric ester groups is 1. The van der Waals surface area contributed by atoms with Crippen molar-refractivity contribution in [3.05, 3.63) is 30.3 Å². The molecule has 0 fully saturated rings. The summed E-state index contributed by atoms with van der Waals surface area (Å²) >= 11 is 0. The highest BCUT2D eigenvalue weighted by Gasteiger charge is 2.29. The first-order valence-electron chi connectivity index (χ1n) is 9.16. The Morgan fingerprint density at radius 3 is 2.23 bits per heavy atom. The molecule has 0 radical (unpaired) electrons. The standard InChI is InChI=1S/C18H31O7P/c1-3-5-6-10-13-22-26(19,23-17-16-21-15-14-20-4-2)25-24-18-11-8-7-9-12-18/h7-9,11-12H,3-6,10,13-17H2,1-2H3. The third kappa shape index (κ3) is 11.6. The molecule has 0 aromatic heterocycles. The van der Waals surface area contributed by atoms with E-state index < -0.39 is 7.82 Å². The largest absolute Gasteiger partial charge is 0.511 e. The number of ether oxygens (including phenoxy) is 2. The van der Waals surface area contributed by atoms with Gasteiger partial charge in [0, 0.05) is 6.61 Å². The number of benzene rings is 1. The summed E-state index contributed by atoms with van der Waals surface area (Å²) in [6.07, 6.45) is 3.99. The van der Waals surface area contributed by atoms with Gasteiger partial charge < -0.3 is 14.4 Å². The van der Waals surface area contributed by atoms with Gasteiger partial charge in [-0.3, -0.25) is 9.05 Å². The Hall–Kier alpha value is -0.950. The van der Waals surface area contributed by atoms with E-state index in [4.69, 9.17) is 28.1 Å². The lowest BCUT2D eigenvalue weighted by atomic mass is 10.2. The lowest BCUT2D eigenvalue weighted by molar-refractivity contribution is -0.134. The van der Waals surface area contributed by atoms with Crippen molar-refractivity contribution in [2.75, 3.05) is 39.6 Å². The number of phosphoric acid groups is 1. The summed E-state index contributed by atoms with van der Waals surface area (Å²) in [6, 6.07) is 8.77. The normalized spacial score (nSPS) is 13.5. The fourth-order valence-electron chi connectivity index (χ4n) is 1.92. The molecule has 0 aliphatic heterocycles. The minimum absolute atomic E-state index is 0.0660. The van der Waals surface area contributed by atoms with E-state index in [2.05, 4.69) is 6.92 Å². The Morgan fingerprint density at radius 2 is 1.50 bits per heavy atom. The van der Waals surface area contributed by atoms with E-state index in [1.54, 1.807) is 24.3 Å². The monoisotopic (exact) mass is 390 g/mol. The Kier molecular flexibility index (Phi) is 13.4. The molecule has 1 unspecified atom stereocenters. The third-order valence-corrected chi connectivity index (χ3v) is 4.52. The first-order chi connectivity index (χ1) is 12.7. The summed E-state index contributed by atoms with van der Waals surface area (Å²) in [5, 5.41) is 0. The molecule has 0 saturated heterocycles. The summed E-state index contributed by atoms with van der Waals surface area (Å²) in [4.78, 5) is 5.09. The molecule has 0 aliphatic carbocycles. The summed E-state index contributed by atoms with van der Waals surface area (Å²) in [7, 11) is -3.83. The molecule has 1 aromatic carbocycles. The van der Waals surface area contributed by atoms with Crippen LogP contribution in [0.1, 0.15) is 39.5 Å². The van der Waals surface area contributed by atoms with E-state index in [9.17, 15) is 4.57 Å². The van der Waals surface area contributed by atoms with Gasteiger partial charge in [-0.05, 0) is 25.5 Å². The fraction of sp³-hybridized carbons (Fsp3) is 0.667. The minimum Gasteiger partial charge on any atom is -0.379 e. The Labute approximate surface area is 156 Å². The van der Waals surface area contributed by atoms with E-state index >= 15 is 0 Å². The number of hydrogen-bond donors (Lipinski definition) is 0. The Bertz CT molecular complexity index is 484. The third-order valence-electron chi connectivity index (χ3n) is 3.27. The number of hydrogen-bond acceptors (Lipinski definition) is 7. The molecular weight excluding hydrogens is 359 g/mol. The fourth-order valence-corrected chi connectivity index (χ4v) is 2.91. The molecule has 0 spiro atoms. The molecule has 150 valence electrons. The van der Waals surface area contributed by atoms with Gasteiger partial charge in [0.2, 0.25) is 0 Å². The lowest BCUT2D eigenvalue weighted by Gasteiger charge is -2.17. The zero-order valence-corrected chi connectivity index (χ0v) is 16.7. The quantitative estimate of drug-likeness (QED) is 0.164. The van der Waals surface area contributed by atoms with Gasteiger partial charge in [-0.1, -0.05) is 49.1 Å². The first kappa shape index (κ1) is 23.1. The zero-order valence-electron chi connectivity index (χ0n) is 15.8. The number of rotatable bonds is 17. The molecule has 0 N–H and O–H groups in total. The molecule has 26 heavy (non-hydrogen) atoms. The second kappa shape index (κ2) is 15.1. The van der Waals surface area contributed by atoms with Gasteiger partial charge in [0.15, 0.2) is 5.75 Å². The molecule has 1 rings (SSSR count). The molecule has 8 heteroatoms. The van der Waals surface area contributed by atoms with Crippen molar-refractivity contribution in [3.8, 4) is 5.75 Å². The van der Waals surface area contributed by atoms with Crippen LogP contribution in [0.3, 0.4) is 0 Å². The first-order valence-corrected chi connectivity index (χ1v) is 10.6. The van der Waals surface area contributed by atoms with Crippen molar-refractivity contribution >= 4 is 7.82 Å². The van der Waals surface area contributed by atoms with Crippen molar-refractivity contribution in [1.29, 1.82) is 0 Å². The Balaban J connectivity index is 2.37. The highest BCUT2D eigenvalue weighted by Crippen LogP contribution is 2.49. The number of unbranched alkanes of at least 4 members (excludes halogenated alkanes) is 3. The van der Waals surface area contributed by atoms with Crippen LogP contribution in [0.25, 0.3) is 0 Å². The van der Waals surface area contributed by atoms with Crippen LogP contribution < -0.4 is 4.89 Å². The highest BCUT2D eigenvalue weighted by molar-refractivity contribution is 7.48. The van der Waals surface area contributed by atoms with Crippen LogP contribution in [-0.2, 0) is 27.8 Å². The maximum atomic E-state index is 12.7. The van der Waals surface area contributed by atoms with Gasteiger partial charge in [-0.15, -0.1) is 0 Å². The number of para-hydroxylation sites is 1. The molecule has 1 aromatic rings. The molecule has 0 amide bonds. The van der Waals surface area contributed by atoms with Crippen LogP contribution in [0.15, 0.2) is 30.3 Å². The second-order valence-corrected chi connectivity index (χ2v) is 7.01. The second-order valence-electron chi connectivity index (χ2n) is 5.45. The lowest BCUT2D eigenvalue weighted by Crippen LogP contribution is -2.11. The van der Waals surface area contributed by atoms with E-state index in [-0.39, 0.29) is 19.8 Å². The summed E-state index contributed by atoms with van der Waals surface area (Å²) in [5.74, 6) is 0.416. The topological polar surface area (TPSA) is 72.5 Å². The van der Waals surface area contributed by atoms with Crippen LogP contribution in [0.5, 0.6) is 5.75 Å². The predicted octanol–water partition coefficient (Wildman–Crippen LogP) is 4.77. The minimum atomic E-state index is -3.83. The summed E-state index contributed by atoms with van der Waals surface area (Å²) in [6.45, 7) is 6.24. The average Bonchev–Trinajstić information content (AvgIpc) is 2.66. The molecule has 0 bridgehead atoms. The van der Waals surface area contributed by atoms with E-state index in [1.807, 2.05) is 13.0 Å². The average molecular weight is 390 g/mol. The van der Waals surface area contributed by atoms with Crippen LogP contribution in [-0.4, -0.2) is 39.6 Å². The van der Waals surface area contributed by atoms with Gasteiger partial charge in [0.05, 0.1) is 33.0 Å². The molecule has 0 saturated carbocycles. The van der Waals surface area contributed by atoms with Crippen molar-refractivity contribution < 1.29 is 32.6 Å². The highest BCUT2D eigenvalue weighted by atomic mass is 31.2. The molecule has 0 aliphatic rings. The van der Waals surface area contributed by atoms with Crippen molar-refractivity contribution in [3.63, 3.8) is 0 Å². The smallest absolute Gasteiger partial charge is 0.379 e. The maximum absolute atomic E-state index is 12.7. The Morgan fingerprint density at radius 1 is 0.808 bits per heavy atom. The van der Waals surface area contributed by atoms with Crippen molar-refractivity contribution in [2.45, 2.75) is 39.5 Å². The van der Waals surface area contributed by atoms with Gasteiger partial charge in [-0.25, -0.2) is 4.57 Å². The van der Waals surface area contributed by atoms with Gasteiger partial charge >= 0.3 is 7.82 Å². The zero-order chi connectivity index (χ0) is 18.9. The molecule has 1 atom stereocenters. The van der Waals surface area contributed by atoms with Crippen LogP contribution in [0, 0.1) is 0 Å². The van der Waals surface area contributed by atoms with Gasteiger partial charge in [0.1, 0.15) is 0 Å². The van der Waals surface area contributed by atoms with E-state index in [0.29, 0.717) is 25.6 Å². The van der Waals surface area contributed by atoms with Crippen LogP contribution >= 0.6 is 7.82 Å². The molecular formula is C18H31O7P. The van der Waals surface area contributed by atoms with Crippen molar-refractivity contribution in [2.24, 2.45) is 0 Å². The predicted molar refractivity (Wildman–Crippen MR) is 99.1 cm³/mol. The summed E-state index contributed by atoms with van der Waals surface area (Å²) in [5.41, 5.74) is 0. The van der Waals surface area contributed by atoms with E-state index in [1.165, 1.54) is 0 Å². The summed E-state index contributed by atoms with van der Waals surface area (Å²) < 4.78 is 38.8.